The second-order valence-electron chi connectivity index (χ2n) is 6.12. The van der Waals surface area contributed by atoms with Gasteiger partial charge >= 0.3 is 0 Å². The Bertz CT molecular complexity index is 662. The molecule has 1 fully saturated rings. The summed E-state index contributed by atoms with van der Waals surface area (Å²) in [5, 5.41) is 11.1. The number of nitrogens with one attached hydrogen (secondary N) is 1. The van der Waals surface area contributed by atoms with Gasteiger partial charge < -0.3 is 19.7 Å². The molecule has 1 aliphatic heterocycles. The molecule has 0 radical (unpaired) electrons. The number of ether oxygens (including phenoxy) is 1. The van der Waals surface area contributed by atoms with Crippen molar-refractivity contribution in [1.29, 1.82) is 0 Å². The fourth-order valence-corrected chi connectivity index (χ4v) is 3.33. The summed E-state index contributed by atoms with van der Waals surface area (Å²) in [5.74, 6) is 0.682. The third kappa shape index (κ3) is 2.84. The van der Waals surface area contributed by atoms with Crippen molar-refractivity contribution < 1.29 is 14.6 Å². The lowest BCUT2D eigenvalue weighted by Gasteiger charge is -2.36. The van der Waals surface area contributed by atoms with E-state index in [0.717, 1.165) is 24.2 Å². The van der Waals surface area contributed by atoms with Gasteiger partial charge in [-0.25, -0.2) is 0 Å². The SMILES string of the molecule is COc1ccc([C@](C)(O)[C@H]2CCCN2C(=O)c2ccc[nH]2)cc1. The summed E-state index contributed by atoms with van der Waals surface area (Å²) in [6.07, 6.45) is 3.41. The van der Waals surface area contributed by atoms with E-state index in [-0.39, 0.29) is 11.9 Å². The summed E-state index contributed by atoms with van der Waals surface area (Å²) in [5.41, 5.74) is 0.238. The molecule has 1 aromatic carbocycles. The van der Waals surface area contributed by atoms with E-state index >= 15 is 0 Å². The number of benzene rings is 1. The third-order valence-corrected chi connectivity index (χ3v) is 4.67. The number of hydrogen-bond donors (Lipinski definition) is 2. The topological polar surface area (TPSA) is 65.6 Å². The molecule has 0 saturated carbocycles. The van der Waals surface area contributed by atoms with Gasteiger partial charge in [-0.05, 0) is 49.6 Å². The second kappa shape index (κ2) is 6.08. The minimum Gasteiger partial charge on any atom is -0.497 e. The number of aromatic nitrogens is 1. The van der Waals surface area contributed by atoms with Crippen LogP contribution in [0.15, 0.2) is 42.6 Å². The van der Waals surface area contributed by atoms with Crippen LogP contribution in [-0.2, 0) is 5.60 Å². The van der Waals surface area contributed by atoms with E-state index in [0.29, 0.717) is 12.2 Å². The molecule has 2 aromatic rings. The minimum atomic E-state index is -1.11. The predicted molar refractivity (Wildman–Crippen MR) is 87.4 cm³/mol. The molecule has 122 valence electrons. The molecule has 3 rings (SSSR count). The Morgan fingerprint density at radius 3 is 2.70 bits per heavy atom. The molecule has 1 aromatic heterocycles. The zero-order valence-corrected chi connectivity index (χ0v) is 13.5. The van der Waals surface area contributed by atoms with Crippen molar-refractivity contribution in [1.82, 2.24) is 9.88 Å². The number of rotatable bonds is 4. The highest BCUT2D eigenvalue weighted by atomic mass is 16.5. The molecule has 2 atom stereocenters. The first-order valence-corrected chi connectivity index (χ1v) is 7.85. The number of aromatic amines is 1. The summed E-state index contributed by atoms with van der Waals surface area (Å²) in [6.45, 7) is 2.44. The van der Waals surface area contributed by atoms with Gasteiger partial charge in [-0.1, -0.05) is 12.1 Å². The molecule has 0 bridgehead atoms. The number of hydrogen-bond acceptors (Lipinski definition) is 3. The molecule has 0 aliphatic carbocycles. The maximum Gasteiger partial charge on any atom is 0.270 e. The molecule has 5 heteroatoms. The minimum absolute atomic E-state index is 0.0636. The summed E-state index contributed by atoms with van der Waals surface area (Å²) >= 11 is 0. The van der Waals surface area contributed by atoms with Crippen LogP contribution in [0.2, 0.25) is 0 Å². The molecule has 2 heterocycles. The van der Waals surface area contributed by atoms with Crippen LogP contribution in [0.3, 0.4) is 0 Å². The highest BCUT2D eigenvalue weighted by molar-refractivity contribution is 5.92. The van der Waals surface area contributed by atoms with Gasteiger partial charge in [-0.15, -0.1) is 0 Å². The Hall–Kier alpha value is -2.27. The average molecular weight is 314 g/mol. The van der Waals surface area contributed by atoms with Gasteiger partial charge in [0.1, 0.15) is 17.0 Å². The number of carbonyl (C=O) groups excluding carboxylic acids is 1. The molecular weight excluding hydrogens is 292 g/mol. The van der Waals surface area contributed by atoms with Crippen LogP contribution in [0.1, 0.15) is 35.8 Å². The lowest BCUT2D eigenvalue weighted by atomic mass is 9.86. The van der Waals surface area contributed by atoms with Crippen molar-refractivity contribution in [3.8, 4) is 5.75 Å². The summed E-state index contributed by atoms with van der Waals surface area (Å²) in [4.78, 5) is 17.4. The van der Waals surface area contributed by atoms with E-state index in [1.807, 2.05) is 24.3 Å². The van der Waals surface area contributed by atoms with Gasteiger partial charge in [-0.2, -0.15) is 0 Å². The molecule has 5 nitrogen and oxygen atoms in total. The molecule has 1 saturated heterocycles. The first-order valence-electron chi connectivity index (χ1n) is 7.85. The largest absolute Gasteiger partial charge is 0.497 e. The van der Waals surface area contributed by atoms with E-state index in [2.05, 4.69) is 4.98 Å². The van der Waals surface area contributed by atoms with Gasteiger partial charge in [0.25, 0.3) is 5.91 Å². The number of nitrogens with zero attached hydrogens (tertiary/aromatic N) is 1. The van der Waals surface area contributed by atoms with Crippen LogP contribution in [0.4, 0.5) is 0 Å². The second-order valence-corrected chi connectivity index (χ2v) is 6.12. The van der Waals surface area contributed by atoms with Gasteiger partial charge in [0.2, 0.25) is 0 Å². The zero-order chi connectivity index (χ0) is 16.4. The molecule has 2 N–H and O–H groups in total. The van der Waals surface area contributed by atoms with E-state index in [1.54, 1.807) is 37.3 Å². The smallest absolute Gasteiger partial charge is 0.270 e. The standard InChI is InChI=1S/C18H22N2O3/c1-18(22,13-7-9-14(23-2)10-8-13)16-6-4-12-20(16)17(21)15-5-3-11-19-15/h3,5,7-11,16,19,22H,4,6,12H2,1-2H3/t16-,18+/m1/s1. The lowest BCUT2D eigenvalue weighted by Crippen LogP contribution is -2.48. The highest BCUT2D eigenvalue weighted by Gasteiger charge is 2.42. The first kappa shape index (κ1) is 15.6. The Morgan fingerprint density at radius 2 is 2.09 bits per heavy atom. The molecule has 0 spiro atoms. The van der Waals surface area contributed by atoms with Crippen molar-refractivity contribution in [2.24, 2.45) is 0 Å². The van der Waals surface area contributed by atoms with Crippen LogP contribution in [0.25, 0.3) is 0 Å². The van der Waals surface area contributed by atoms with Crippen molar-refractivity contribution in [2.75, 3.05) is 13.7 Å². The van der Waals surface area contributed by atoms with Crippen molar-refractivity contribution in [3.63, 3.8) is 0 Å². The van der Waals surface area contributed by atoms with E-state index < -0.39 is 5.60 Å². The maximum atomic E-state index is 12.7. The van der Waals surface area contributed by atoms with Crippen LogP contribution in [0, 0.1) is 0 Å². The number of aliphatic hydroxyl groups is 1. The van der Waals surface area contributed by atoms with Gasteiger partial charge in [-0.3, -0.25) is 4.79 Å². The van der Waals surface area contributed by atoms with Gasteiger partial charge in [0.05, 0.1) is 13.2 Å². The van der Waals surface area contributed by atoms with Crippen LogP contribution >= 0.6 is 0 Å². The quantitative estimate of drug-likeness (QED) is 0.911. The zero-order valence-electron chi connectivity index (χ0n) is 13.5. The maximum absolute atomic E-state index is 12.7. The molecule has 23 heavy (non-hydrogen) atoms. The fourth-order valence-electron chi connectivity index (χ4n) is 3.33. The van der Waals surface area contributed by atoms with Gasteiger partial charge in [0.15, 0.2) is 0 Å². The Morgan fingerprint density at radius 1 is 1.35 bits per heavy atom. The monoisotopic (exact) mass is 314 g/mol. The number of H-pyrrole nitrogens is 1. The number of likely N-dealkylation sites (tertiary alicyclic amines) is 1. The predicted octanol–water partition coefficient (Wildman–Crippen LogP) is 2.54. The van der Waals surface area contributed by atoms with Crippen LogP contribution < -0.4 is 4.74 Å². The number of methoxy groups -OCH3 is 1. The normalized spacial score (nSPS) is 20.3. The molecular formula is C18H22N2O3. The van der Waals surface area contributed by atoms with Crippen molar-refractivity contribution in [3.05, 3.63) is 53.9 Å². The Balaban J connectivity index is 1.86. The third-order valence-electron chi connectivity index (χ3n) is 4.67. The average Bonchev–Trinajstić information content (AvgIpc) is 3.25. The molecule has 0 unspecified atom stereocenters. The summed E-state index contributed by atoms with van der Waals surface area (Å²) in [7, 11) is 1.61. The fraction of sp³-hybridized carbons (Fsp3) is 0.389. The summed E-state index contributed by atoms with van der Waals surface area (Å²) < 4.78 is 5.17. The Kier molecular flexibility index (Phi) is 4.13. The van der Waals surface area contributed by atoms with Crippen molar-refractivity contribution >= 4 is 5.91 Å². The van der Waals surface area contributed by atoms with Crippen molar-refractivity contribution in [2.45, 2.75) is 31.4 Å². The van der Waals surface area contributed by atoms with Gasteiger partial charge in [0, 0.05) is 12.7 Å². The van der Waals surface area contributed by atoms with E-state index in [1.165, 1.54) is 0 Å². The lowest BCUT2D eigenvalue weighted by molar-refractivity contribution is -0.0178. The number of carbonyl (C=O) groups is 1. The Labute approximate surface area is 135 Å². The van der Waals surface area contributed by atoms with Crippen LogP contribution in [-0.4, -0.2) is 40.6 Å². The first-order chi connectivity index (χ1) is 11.0. The van der Waals surface area contributed by atoms with E-state index in [4.69, 9.17) is 4.74 Å². The molecule has 1 amide bonds. The van der Waals surface area contributed by atoms with Crippen LogP contribution in [0.5, 0.6) is 5.75 Å². The number of amides is 1. The summed E-state index contributed by atoms with van der Waals surface area (Å²) in [6, 6.07) is 10.7. The highest BCUT2D eigenvalue weighted by Crippen LogP contribution is 2.35. The van der Waals surface area contributed by atoms with E-state index in [9.17, 15) is 9.90 Å². The molecule has 1 aliphatic rings.